The Hall–Kier alpha value is -2.58. The molecule has 1 spiro atoms. The van der Waals surface area contributed by atoms with Crippen LogP contribution in [0, 0.1) is 17.8 Å². The molecule has 5 rings (SSSR count). The van der Waals surface area contributed by atoms with Gasteiger partial charge in [0.2, 0.25) is 17.7 Å². The minimum absolute atomic E-state index is 0.0445. The predicted molar refractivity (Wildman–Crippen MR) is 160 cm³/mol. The van der Waals surface area contributed by atoms with Gasteiger partial charge in [-0.2, -0.15) is 0 Å². The Morgan fingerprint density at radius 1 is 1.12 bits per heavy atom. The highest BCUT2D eigenvalue weighted by Gasteiger charge is 2.77. The predicted octanol–water partition coefficient (Wildman–Crippen LogP) is 4.27. The molecule has 1 aromatic rings. The Morgan fingerprint density at radius 3 is 2.42 bits per heavy atom. The van der Waals surface area contributed by atoms with E-state index in [1.807, 2.05) is 35.2 Å². The van der Waals surface area contributed by atoms with Crippen molar-refractivity contribution in [1.29, 1.82) is 0 Å². The number of thioether (sulfide) groups is 1. The van der Waals surface area contributed by atoms with E-state index in [0.717, 1.165) is 37.8 Å². The SMILES string of the molecule is C=CCN(C(=O)[C@@H]1[C@@H]2CC(C)C3(S2)C(C(=O)N(CC=C)C2CCCCC2)N([C@H](C)CO)C(=O)[C@H]13)c1ccccc1. The van der Waals surface area contributed by atoms with Crippen LogP contribution in [0.2, 0.25) is 0 Å². The zero-order valence-corrected chi connectivity index (χ0v) is 24.6. The third kappa shape index (κ3) is 4.51. The molecule has 3 saturated heterocycles. The number of para-hydroxylation sites is 1. The van der Waals surface area contributed by atoms with Gasteiger partial charge in [0, 0.05) is 30.1 Å². The van der Waals surface area contributed by atoms with E-state index in [9.17, 15) is 19.5 Å². The summed E-state index contributed by atoms with van der Waals surface area (Å²) in [5, 5.41) is 10.2. The van der Waals surface area contributed by atoms with Crippen molar-refractivity contribution in [3.05, 3.63) is 55.6 Å². The van der Waals surface area contributed by atoms with Gasteiger partial charge in [-0.05, 0) is 44.2 Å². The van der Waals surface area contributed by atoms with Gasteiger partial charge in [-0.25, -0.2) is 0 Å². The third-order valence-electron chi connectivity index (χ3n) is 9.71. The summed E-state index contributed by atoms with van der Waals surface area (Å²) in [5.74, 6) is -1.39. The van der Waals surface area contributed by atoms with Crippen LogP contribution in [0.4, 0.5) is 5.69 Å². The maximum atomic E-state index is 14.7. The molecule has 3 unspecified atom stereocenters. The van der Waals surface area contributed by atoms with E-state index in [1.165, 1.54) is 6.42 Å². The summed E-state index contributed by atoms with van der Waals surface area (Å²) in [7, 11) is 0. The molecule has 216 valence electrons. The number of rotatable bonds is 10. The lowest BCUT2D eigenvalue weighted by Crippen LogP contribution is -2.60. The summed E-state index contributed by atoms with van der Waals surface area (Å²) in [6.45, 7) is 12.3. The number of aliphatic hydroxyl groups is 1. The van der Waals surface area contributed by atoms with E-state index in [2.05, 4.69) is 20.1 Å². The van der Waals surface area contributed by atoms with Crippen molar-refractivity contribution >= 4 is 35.2 Å². The quantitative estimate of drug-likeness (QED) is 0.429. The number of carbonyl (C=O) groups excluding carboxylic acids is 3. The zero-order valence-electron chi connectivity index (χ0n) is 23.8. The summed E-state index contributed by atoms with van der Waals surface area (Å²) in [5.41, 5.74) is 0.774. The monoisotopic (exact) mass is 565 g/mol. The molecule has 3 heterocycles. The first kappa shape index (κ1) is 28.9. The molecule has 2 bridgehead atoms. The third-order valence-corrected chi connectivity index (χ3v) is 11.8. The van der Waals surface area contributed by atoms with Crippen molar-refractivity contribution in [2.45, 2.75) is 80.5 Å². The first-order valence-electron chi connectivity index (χ1n) is 14.8. The van der Waals surface area contributed by atoms with Crippen molar-refractivity contribution in [3.8, 4) is 0 Å². The molecular formula is C32H43N3O4S. The Morgan fingerprint density at radius 2 is 1.80 bits per heavy atom. The smallest absolute Gasteiger partial charge is 0.247 e. The highest BCUT2D eigenvalue weighted by atomic mass is 32.2. The number of benzene rings is 1. The molecule has 1 aliphatic carbocycles. The average Bonchev–Trinajstić information content (AvgIpc) is 3.58. The number of hydrogen-bond donors (Lipinski definition) is 1. The molecular weight excluding hydrogens is 522 g/mol. The fourth-order valence-corrected chi connectivity index (χ4v) is 10.3. The van der Waals surface area contributed by atoms with Crippen LogP contribution in [-0.4, -0.2) is 80.4 Å². The van der Waals surface area contributed by atoms with Gasteiger partial charge in [0.05, 0.1) is 29.2 Å². The van der Waals surface area contributed by atoms with Gasteiger partial charge in [-0.1, -0.05) is 56.5 Å². The molecule has 40 heavy (non-hydrogen) atoms. The number of fused-ring (bicyclic) bond motifs is 1. The highest BCUT2D eigenvalue weighted by Crippen LogP contribution is 2.69. The number of likely N-dealkylation sites (tertiary alicyclic amines) is 1. The van der Waals surface area contributed by atoms with Gasteiger partial charge in [0.25, 0.3) is 0 Å². The van der Waals surface area contributed by atoms with E-state index in [4.69, 9.17) is 0 Å². The van der Waals surface area contributed by atoms with Crippen LogP contribution in [0.5, 0.6) is 0 Å². The van der Waals surface area contributed by atoms with Crippen LogP contribution in [0.3, 0.4) is 0 Å². The van der Waals surface area contributed by atoms with E-state index < -0.39 is 28.7 Å². The van der Waals surface area contributed by atoms with E-state index in [-0.39, 0.29) is 41.5 Å². The van der Waals surface area contributed by atoms with Gasteiger partial charge < -0.3 is 19.8 Å². The lowest BCUT2D eigenvalue weighted by atomic mass is 9.65. The second-order valence-electron chi connectivity index (χ2n) is 12.0. The maximum Gasteiger partial charge on any atom is 0.247 e. The van der Waals surface area contributed by atoms with Crippen LogP contribution in [0.25, 0.3) is 0 Å². The summed E-state index contributed by atoms with van der Waals surface area (Å²) >= 11 is 1.69. The van der Waals surface area contributed by atoms with Gasteiger partial charge in [0.1, 0.15) is 6.04 Å². The maximum absolute atomic E-state index is 14.7. The average molecular weight is 566 g/mol. The van der Waals surface area contributed by atoms with Gasteiger partial charge >= 0.3 is 0 Å². The molecule has 4 fully saturated rings. The molecule has 7 atom stereocenters. The number of carbonyl (C=O) groups is 3. The molecule has 3 amide bonds. The molecule has 1 aromatic carbocycles. The van der Waals surface area contributed by atoms with Crippen LogP contribution in [0.1, 0.15) is 52.4 Å². The minimum atomic E-state index is -0.721. The Balaban J connectivity index is 1.57. The molecule has 1 N–H and O–H groups in total. The summed E-state index contributed by atoms with van der Waals surface area (Å²) in [4.78, 5) is 48.8. The normalized spacial score (nSPS) is 32.0. The number of anilines is 1. The Labute approximate surface area is 242 Å². The van der Waals surface area contributed by atoms with Crippen LogP contribution >= 0.6 is 11.8 Å². The standard InChI is InChI=1S/C32H43N3O4S/c1-5-17-33(23-13-9-7-10-14-23)29(37)26-25-19-21(3)32(40-25)27(26)30(38)35(22(4)20-36)28(32)31(39)34(18-6-2)24-15-11-8-12-16-24/h5-7,9-10,13-14,21-22,24-28,36H,1-2,8,11-12,15-20H2,3-4H3/t21?,22-,25+,26-,27+,28?,32?/m1/s1. The molecule has 7 nitrogen and oxygen atoms in total. The largest absolute Gasteiger partial charge is 0.394 e. The minimum Gasteiger partial charge on any atom is -0.394 e. The topological polar surface area (TPSA) is 81.2 Å². The Bertz CT molecular complexity index is 1140. The second kappa shape index (κ2) is 11.7. The molecule has 0 radical (unpaired) electrons. The summed E-state index contributed by atoms with van der Waals surface area (Å²) in [6.07, 6.45) is 9.51. The molecule has 0 aromatic heterocycles. The van der Waals surface area contributed by atoms with E-state index in [0.29, 0.717) is 13.1 Å². The number of aliphatic hydroxyl groups excluding tert-OH is 1. The van der Waals surface area contributed by atoms with Crippen LogP contribution < -0.4 is 4.90 Å². The fraction of sp³-hybridized carbons (Fsp3) is 0.594. The Kier molecular flexibility index (Phi) is 8.48. The van der Waals surface area contributed by atoms with E-state index in [1.54, 1.807) is 40.6 Å². The number of amides is 3. The first-order chi connectivity index (χ1) is 19.3. The first-order valence-corrected chi connectivity index (χ1v) is 15.7. The van der Waals surface area contributed by atoms with Gasteiger partial charge in [-0.15, -0.1) is 24.9 Å². The molecule has 8 heteroatoms. The fourth-order valence-electron chi connectivity index (χ4n) is 7.93. The van der Waals surface area contributed by atoms with Gasteiger partial charge in [-0.3, -0.25) is 14.4 Å². The summed E-state index contributed by atoms with van der Waals surface area (Å²) in [6, 6.07) is 8.39. The summed E-state index contributed by atoms with van der Waals surface area (Å²) < 4.78 is -0.715. The van der Waals surface area contributed by atoms with Crippen molar-refractivity contribution in [2.75, 3.05) is 24.6 Å². The second-order valence-corrected chi connectivity index (χ2v) is 13.5. The molecule has 3 aliphatic heterocycles. The number of hydrogen-bond acceptors (Lipinski definition) is 5. The van der Waals surface area contributed by atoms with E-state index >= 15 is 0 Å². The lowest BCUT2D eigenvalue weighted by molar-refractivity contribution is -0.146. The highest BCUT2D eigenvalue weighted by molar-refractivity contribution is 8.02. The zero-order chi connectivity index (χ0) is 28.6. The van der Waals surface area contributed by atoms with Crippen LogP contribution in [-0.2, 0) is 14.4 Å². The van der Waals surface area contributed by atoms with Crippen LogP contribution in [0.15, 0.2) is 55.6 Å². The lowest BCUT2D eigenvalue weighted by Gasteiger charge is -2.44. The van der Waals surface area contributed by atoms with Crippen molar-refractivity contribution < 1.29 is 19.5 Å². The van der Waals surface area contributed by atoms with Crippen molar-refractivity contribution in [1.82, 2.24) is 9.80 Å². The molecule has 1 saturated carbocycles. The number of nitrogens with zero attached hydrogens (tertiary/aromatic N) is 3. The van der Waals surface area contributed by atoms with Gasteiger partial charge in [0.15, 0.2) is 0 Å². The van der Waals surface area contributed by atoms with Crippen molar-refractivity contribution in [2.24, 2.45) is 17.8 Å². The van der Waals surface area contributed by atoms with Crippen molar-refractivity contribution in [3.63, 3.8) is 0 Å². The molecule has 4 aliphatic rings.